The summed E-state index contributed by atoms with van der Waals surface area (Å²) in [7, 11) is -4.59. The predicted molar refractivity (Wildman–Crippen MR) is 197 cm³/mol. The van der Waals surface area contributed by atoms with Crippen molar-refractivity contribution >= 4 is 10.4 Å². The van der Waals surface area contributed by atoms with E-state index in [1.54, 1.807) is 0 Å². The van der Waals surface area contributed by atoms with Gasteiger partial charge in [0, 0.05) is 0 Å². The van der Waals surface area contributed by atoms with Crippen LogP contribution in [0.4, 0.5) is 0 Å². The monoisotopic (exact) mass is 697 g/mol. The van der Waals surface area contributed by atoms with Crippen molar-refractivity contribution in [3.63, 3.8) is 0 Å². The minimum Gasteiger partial charge on any atom is -0.726 e. The molecule has 1 unspecified atom stereocenters. The van der Waals surface area contributed by atoms with Crippen molar-refractivity contribution in [3.05, 3.63) is 0 Å². The number of unbranched alkanes of at least 4 members (excludes halogenated alkanes) is 32. The average molecular weight is 697 g/mol. The van der Waals surface area contributed by atoms with Gasteiger partial charge in [0.2, 0.25) is 10.4 Å². The van der Waals surface area contributed by atoms with E-state index in [1.807, 2.05) is 0 Å². The summed E-state index contributed by atoms with van der Waals surface area (Å²) >= 11 is 0. The molecule has 0 spiro atoms. The molecular formula is C40H81KO4S. The predicted octanol–water partition coefficient (Wildman–Crippen LogP) is 11.2. The quantitative estimate of drug-likeness (QED) is 0.0278. The van der Waals surface area contributed by atoms with E-state index in [2.05, 4.69) is 18.0 Å². The third-order valence-electron chi connectivity index (χ3n) is 9.88. The van der Waals surface area contributed by atoms with E-state index in [4.69, 9.17) is 0 Å². The summed E-state index contributed by atoms with van der Waals surface area (Å²) < 4.78 is 37.7. The van der Waals surface area contributed by atoms with Gasteiger partial charge in [0.25, 0.3) is 0 Å². The van der Waals surface area contributed by atoms with Gasteiger partial charge in [0.1, 0.15) is 0 Å². The van der Waals surface area contributed by atoms with Crippen molar-refractivity contribution in [3.8, 4) is 0 Å². The molecule has 0 heterocycles. The standard InChI is InChI=1S/C40H82O4S.K/c1-3-5-7-9-11-13-15-17-19-20-21-22-24-26-28-30-32-34-36-38-40(39-44-45(41,42)43)37-35-33-31-29-27-25-23-18-16-14-12-10-8-6-4-2;/h40H,3-39H2,1-2H3,(H,41,42,43);/q;+1/p-1. The maximum atomic E-state index is 11.0. The summed E-state index contributed by atoms with van der Waals surface area (Å²) in [6, 6.07) is 0. The zero-order valence-electron chi connectivity index (χ0n) is 31.8. The van der Waals surface area contributed by atoms with E-state index in [0.717, 1.165) is 25.7 Å². The zero-order valence-corrected chi connectivity index (χ0v) is 35.7. The largest absolute Gasteiger partial charge is 1.00 e. The Morgan fingerprint density at radius 1 is 0.391 bits per heavy atom. The number of hydrogen-bond donors (Lipinski definition) is 0. The number of rotatable bonds is 39. The van der Waals surface area contributed by atoms with Crippen LogP contribution in [-0.4, -0.2) is 19.6 Å². The van der Waals surface area contributed by atoms with Crippen LogP contribution in [-0.2, 0) is 14.6 Å². The van der Waals surface area contributed by atoms with Crippen LogP contribution >= 0.6 is 0 Å². The third kappa shape index (κ3) is 43.5. The molecule has 0 bridgehead atoms. The molecule has 6 heteroatoms. The zero-order chi connectivity index (χ0) is 32.9. The van der Waals surface area contributed by atoms with Gasteiger partial charge in [-0.3, -0.25) is 4.18 Å². The van der Waals surface area contributed by atoms with Gasteiger partial charge in [-0.25, -0.2) is 8.42 Å². The Morgan fingerprint density at radius 2 is 0.587 bits per heavy atom. The molecule has 0 amide bonds. The second kappa shape index (κ2) is 40.9. The second-order valence-electron chi connectivity index (χ2n) is 14.4. The molecule has 4 nitrogen and oxygen atoms in total. The summed E-state index contributed by atoms with van der Waals surface area (Å²) in [4.78, 5) is 0. The van der Waals surface area contributed by atoms with Crippen molar-refractivity contribution in [2.24, 2.45) is 5.92 Å². The molecule has 0 rings (SSSR count). The first-order valence-electron chi connectivity index (χ1n) is 20.6. The Balaban J connectivity index is 0. The Kier molecular flexibility index (Phi) is 44.2. The molecule has 46 heavy (non-hydrogen) atoms. The van der Waals surface area contributed by atoms with Crippen LogP contribution in [0.15, 0.2) is 0 Å². The third-order valence-corrected chi connectivity index (χ3v) is 10.3. The van der Waals surface area contributed by atoms with Crippen molar-refractivity contribution in [2.45, 2.75) is 245 Å². The smallest absolute Gasteiger partial charge is 0.726 e. The van der Waals surface area contributed by atoms with Crippen LogP contribution in [0.1, 0.15) is 245 Å². The van der Waals surface area contributed by atoms with Crippen molar-refractivity contribution < 1.29 is 68.5 Å². The van der Waals surface area contributed by atoms with E-state index in [0.29, 0.717) is 0 Å². The van der Waals surface area contributed by atoms with Crippen LogP contribution in [0.25, 0.3) is 0 Å². The van der Waals surface area contributed by atoms with Crippen LogP contribution in [0, 0.1) is 5.92 Å². The second-order valence-corrected chi connectivity index (χ2v) is 15.5. The van der Waals surface area contributed by atoms with Crippen molar-refractivity contribution in [1.82, 2.24) is 0 Å². The fraction of sp³-hybridized carbons (Fsp3) is 1.00. The molecule has 0 aliphatic heterocycles. The van der Waals surface area contributed by atoms with Gasteiger partial charge in [-0.15, -0.1) is 0 Å². The molecule has 0 radical (unpaired) electrons. The van der Waals surface area contributed by atoms with Gasteiger partial charge >= 0.3 is 51.4 Å². The van der Waals surface area contributed by atoms with Gasteiger partial charge in [-0.1, -0.05) is 232 Å². The Hall–Kier alpha value is 1.51. The maximum absolute atomic E-state index is 11.0. The SMILES string of the molecule is CCCCCCCCCCCCCCCCCCCCCC(CCCCCCCCCCCCCCCCC)COS(=O)(=O)[O-].[K+]. The van der Waals surface area contributed by atoms with Gasteiger partial charge in [0.05, 0.1) is 6.61 Å². The number of hydrogen-bond acceptors (Lipinski definition) is 4. The molecule has 0 aromatic carbocycles. The minimum atomic E-state index is -4.59. The van der Waals surface area contributed by atoms with Gasteiger partial charge in [-0.05, 0) is 18.8 Å². The van der Waals surface area contributed by atoms with E-state index in [-0.39, 0.29) is 63.9 Å². The minimum absolute atomic E-state index is 0. The van der Waals surface area contributed by atoms with Crippen LogP contribution in [0.2, 0.25) is 0 Å². The van der Waals surface area contributed by atoms with Gasteiger partial charge in [-0.2, -0.15) is 0 Å². The molecule has 0 aliphatic rings. The summed E-state index contributed by atoms with van der Waals surface area (Å²) in [6.45, 7) is 4.64. The molecule has 0 aromatic rings. The van der Waals surface area contributed by atoms with E-state index in [9.17, 15) is 13.0 Å². The average Bonchev–Trinajstić information content (AvgIpc) is 3.02. The topological polar surface area (TPSA) is 66.4 Å². The summed E-state index contributed by atoms with van der Waals surface area (Å²) in [5.74, 6) is 0.196. The van der Waals surface area contributed by atoms with Crippen LogP contribution in [0.5, 0.6) is 0 Å². The van der Waals surface area contributed by atoms with E-state index < -0.39 is 10.4 Å². The molecule has 0 aromatic heterocycles. The molecular weight excluding hydrogens is 616 g/mol. The molecule has 0 aliphatic carbocycles. The summed E-state index contributed by atoms with van der Waals surface area (Å²) in [6.07, 6.45) is 48.3. The first-order valence-corrected chi connectivity index (χ1v) is 21.9. The molecule has 0 saturated heterocycles. The Labute approximate surface area is 333 Å². The first kappa shape index (κ1) is 49.6. The van der Waals surface area contributed by atoms with Gasteiger partial charge in [0.15, 0.2) is 0 Å². The summed E-state index contributed by atoms with van der Waals surface area (Å²) in [5, 5.41) is 0. The van der Waals surface area contributed by atoms with Gasteiger partial charge < -0.3 is 4.55 Å². The van der Waals surface area contributed by atoms with Crippen molar-refractivity contribution in [2.75, 3.05) is 6.61 Å². The Bertz CT molecular complexity index is 658. The van der Waals surface area contributed by atoms with E-state index >= 15 is 0 Å². The molecule has 272 valence electrons. The molecule has 0 fully saturated rings. The summed E-state index contributed by atoms with van der Waals surface area (Å²) in [5.41, 5.74) is 0. The molecule has 1 atom stereocenters. The normalized spacial score (nSPS) is 12.4. The van der Waals surface area contributed by atoms with Crippen LogP contribution < -0.4 is 51.4 Å². The fourth-order valence-corrected chi connectivity index (χ4v) is 7.17. The van der Waals surface area contributed by atoms with Crippen molar-refractivity contribution in [1.29, 1.82) is 0 Å². The molecule has 0 N–H and O–H groups in total. The van der Waals surface area contributed by atoms with E-state index in [1.165, 1.54) is 205 Å². The first-order chi connectivity index (χ1) is 22.0. The van der Waals surface area contributed by atoms with Crippen LogP contribution in [0.3, 0.4) is 0 Å². The fourth-order valence-electron chi connectivity index (χ4n) is 6.81. The Morgan fingerprint density at radius 3 is 0.783 bits per heavy atom. The molecule has 0 saturated carbocycles. The maximum Gasteiger partial charge on any atom is 1.00 e.